The van der Waals surface area contributed by atoms with Gasteiger partial charge in [-0.3, -0.25) is 4.99 Å². The van der Waals surface area contributed by atoms with Gasteiger partial charge in [0, 0.05) is 29.1 Å². The second-order valence-electron chi connectivity index (χ2n) is 6.83. The number of hydrogen-bond donors (Lipinski definition) is 1. The largest absolute Gasteiger partial charge is 0.364 e. The van der Waals surface area contributed by atoms with Gasteiger partial charge in [0.1, 0.15) is 0 Å². The van der Waals surface area contributed by atoms with Gasteiger partial charge in [0.05, 0.1) is 0 Å². The molecule has 0 amide bonds. The molecule has 1 N–H and O–H groups in total. The first-order chi connectivity index (χ1) is 9.60. The van der Waals surface area contributed by atoms with Crippen LogP contribution in [0, 0.1) is 5.41 Å². The van der Waals surface area contributed by atoms with Gasteiger partial charge >= 0.3 is 0 Å². The number of nitrogens with zero attached hydrogens (tertiary/aromatic N) is 1. The number of thiophene rings is 1. The standard InChI is InChI=1S/C16H24N2S2/c1-15(2,13-6-5-9-19-13)10-17-14-18-11-16(12-20-14)7-3-4-8-16/h5-6,9H,3-4,7-8,10-12H2,1-2H3,(H,17,18). The van der Waals surface area contributed by atoms with Crippen LogP contribution in [0.5, 0.6) is 0 Å². The van der Waals surface area contributed by atoms with E-state index in [0.717, 1.165) is 18.3 Å². The lowest BCUT2D eigenvalue weighted by atomic mass is 9.89. The smallest absolute Gasteiger partial charge is 0.156 e. The fourth-order valence-corrected chi connectivity index (χ4v) is 5.14. The number of nitrogens with one attached hydrogen (secondary N) is 1. The predicted molar refractivity (Wildman–Crippen MR) is 91.0 cm³/mol. The molecular weight excluding hydrogens is 284 g/mol. The Labute approximate surface area is 130 Å². The van der Waals surface area contributed by atoms with Crippen LogP contribution in [0.25, 0.3) is 0 Å². The highest BCUT2D eigenvalue weighted by Gasteiger charge is 2.36. The molecule has 0 bridgehead atoms. The maximum atomic E-state index is 4.82. The van der Waals surface area contributed by atoms with Crippen molar-refractivity contribution in [3.05, 3.63) is 22.4 Å². The van der Waals surface area contributed by atoms with E-state index in [0.29, 0.717) is 5.41 Å². The second kappa shape index (κ2) is 5.72. The number of hydrogen-bond acceptors (Lipinski definition) is 4. The van der Waals surface area contributed by atoms with Gasteiger partial charge in [-0.2, -0.15) is 0 Å². The van der Waals surface area contributed by atoms with Crippen molar-refractivity contribution in [1.29, 1.82) is 0 Å². The summed E-state index contributed by atoms with van der Waals surface area (Å²) in [6, 6.07) is 4.37. The van der Waals surface area contributed by atoms with Crippen LogP contribution in [0.15, 0.2) is 22.5 Å². The zero-order valence-corrected chi connectivity index (χ0v) is 14.1. The van der Waals surface area contributed by atoms with E-state index in [1.54, 1.807) is 0 Å². The van der Waals surface area contributed by atoms with E-state index in [1.807, 2.05) is 23.1 Å². The van der Waals surface area contributed by atoms with Gasteiger partial charge in [0.15, 0.2) is 5.17 Å². The van der Waals surface area contributed by atoms with Crippen LogP contribution in [0.1, 0.15) is 44.4 Å². The summed E-state index contributed by atoms with van der Waals surface area (Å²) in [7, 11) is 0. The fraction of sp³-hybridized carbons (Fsp3) is 0.688. The maximum Gasteiger partial charge on any atom is 0.156 e. The predicted octanol–water partition coefficient (Wildman–Crippen LogP) is 4.28. The number of thioether (sulfide) groups is 1. The Morgan fingerprint density at radius 1 is 1.35 bits per heavy atom. The molecule has 110 valence electrons. The van der Waals surface area contributed by atoms with Crippen molar-refractivity contribution in [2.45, 2.75) is 44.9 Å². The normalized spacial score (nSPS) is 22.0. The van der Waals surface area contributed by atoms with Crippen LogP contribution in [0.2, 0.25) is 0 Å². The van der Waals surface area contributed by atoms with Crippen molar-refractivity contribution in [1.82, 2.24) is 5.32 Å². The minimum Gasteiger partial charge on any atom is -0.364 e. The zero-order valence-electron chi connectivity index (χ0n) is 12.4. The Bertz CT molecular complexity index is 471. The van der Waals surface area contributed by atoms with Crippen LogP contribution in [-0.4, -0.2) is 24.0 Å². The fourth-order valence-electron chi connectivity index (χ4n) is 3.13. The van der Waals surface area contributed by atoms with Crippen molar-refractivity contribution in [3.63, 3.8) is 0 Å². The first kappa shape index (κ1) is 14.5. The molecule has 2 aliphatic rings. The average Bonchev–Trinajstić information content (AvgIpc) is 3.10. The highest BCUT2D eigenvalue weighted by Crippen LogP contribution is 2.43. The maximum absolute atomic E-state index is 4.82. The van der Waals surface area contributed by atoms with Crippen LogP contribution in [0.3, 0.4) is 0 Å². The minimum atomic E-state index is 0.180. The van der Waals surface area contributed by atoms with Crippen LogP contribution < -0.4 is 5.32 Å². The Balaban J connectivity index is 1.56. The van der Waals surface area contributed by atoms with Gasteiger partial charge in [0.2, 0.25) is 0 Å². The van der Waals surface area contributed by atoms with E-state index in [4.69, 9.17) is 4.99 Å². The van der Waals surface area contributed by atoms with Gasteiger partial charge in [-0.25, -0.2) is 0 Å². The average molecular weight is 309 g/mol. The molecule has 0 radical (unpaired) electrons. The molecule has 0 saturated heterocycles. The third kappa shape index (κ3) is 3.06. The molecular formula is C16H24N2S2. The lowest BCUT2D eigenvalue weighted by Crippen LogP contribution is -2.38. The van der Waals surface area contributed by atoms with Gasteiger partial charge in [0.25, 0.3) is 0 Å². The van der Waals surface area contributed by atoms with Crippen LogP contribution in [0.4, 0.5) is 0 Å². The van der Waals surface area contributed by atoms with E-state index in [1.165, 1.54) is 36.3 Å². The van der Waals surface area contributed by atoms with E-state index >= 15 is 0 Å². The van der Waals surface area contributed by atoms with E-state index in [-0.39, 0.29) is 5.41 Å². The molecule has 4 heteroatoms. The summed E-state index contributed by atoms with van der Waals surface area (Å²) in [5.41, 5.74) is 0.721. The Kier molecular flexibility index (Phi) is 4.14. The summed E-state index contributed by atoms with van der Waals surface area (Å²) in [5.74, 6) is 1.26. The molecule has 1 aromatic heterocycles. The lowest BCUT2D eigenvalue weighted by molar-refractivity contribution is 0.358. The number of amidine groups is 1. The van der Waals surface area contributed by atoms with Crippen molar-refractivity contribution >= 4 is 28.3 Å². The first-order valence-corrected chi connectivity index (χ1v) is 9.41. The van der Waals surface area contributed by atoms with Gasteiger partial charge < -0.3 is 5.32 Å². The molecule has 0 atom stereocenters. The highest BCUT2D eigenvalue weighted by molar-refractivity contribution is 8.13. The van der Waals surface area contributed by atoms with Gasteiger partial charge in [-0.1, -0.05) is 44.5 Å². The molecule has 1 fully saturated rings. The Morgan fingerprint density at radius 3 is 2.75 bits per heavy atom. The molecule has 1 aromatic rings. The lowest BCUT2D eigenvalue weighted by Gasteiger charge is -2.32. The topological polar surface area (TPSA) is 24.4 Å². The van der Waals surface area contributed by atoms with E-state index in [2.05, 4.69) is 36.7 Å². The molecule has 2 nitrogen and oxygen atoms in total. The molecule has 20 heavy (non-hydrogen) atoms. The molecule has 1 aliphatic heterocycles. The van der Waals surface area contributed by atoms with E-state index < -0.39 is 0 Å². The Morgan fingerprint density at radius 2 is 2.15 bits per heavy atom. The van der Waals surface area contributed by atoms with Crippen LogP contribution >= 0.6 is 23.1 Å². The molecule has 0 aromatic carbocycles. The van der Waals surface area contributed by atoms with Crippen molar-refractivity contribution in [2.75, 3.05) is 18.8 Å². The van der Waals surface area contributed by atoms with Gasteiger partial charge in [-0.05, 0) is 29.7 Å². The highest BCUT2D eigenvalue weighted by atomic mass is 32.2. The minimum absolute atomic E-state index is 0.180. The summed E-state index contributed by atoms with van der Waals surface area (Å²) in [6.45, 7) is 6.62. The third-order valence-corrected chi connectivity index (χ3v) is 7.15. The Hall–Kier alpha value is -0.480. The summed E-state index contributed by atoms with van der Waals surface area (Å²) in [6.07, 6.45) is 5.59. The zero-order chi connectivity index (χ0) is 14.1. The number of aliphatic imine (C=N–C) groups is 1. The van der Waals surface area contributed by atoms with Crippen molar-refractivity contribution in [2.24, 2.45) is 10.4 Å². The van der Waals surface area contributed by atoms with Crippen molar-refractivity contribution in [3.8, 4) is 0 Å². The molecule has 2 heterocycles. The summed E-state index contributed by atoms with van der Waals surface area (Å²) >= 11 is 3.78. The molecule has 1 aliphatic carbocycles. The molecule has 1 spiro atoms. The van der Waals surface area contributed by atoms with Crippen LogP contribution in [-0.2, 0) is 5.41 Å². The monoisotopic (exact) mass is 308 g/mol. The summed E-state index contributed by atoms with van der Waals surface area (Å²) < 4.78 is 0. The second-order valence-corrected chi connectivity index (χ2v) is 8.74. The molecule has 3 rings (SSSR count). The van der Waals surface area contributed by atoms with Gasteiger partial charge in [-0.15, -0.1) is 11.3 Å². The SMILES string of the molecule is CC(C)(CNC1=NCC2(CCCC2)CS1)c1cccs1. The van der Waals surface area contributed by atoms with Crippen molar-refractivity contribution < 1.29 is 0 Å². The summed E-state index contributed by atoms with van der Waals surface area (Å²) in [4.78, 5) is 6.26. The molecule has 1 saturated carbocycles. The first-order valence-electron chi connectivity index (χ1n) is 7.55. The number of rotatable bonds is 3. The quantitative estimate of drug-likeness (QED) is 0.901. The van der Waals surface area contributed by atoms with E-state index in [9.17, 15) is 0 Å². The molecule has 0 unspecified atom stereocenters. The third-order valence-electron chi connectivity index (χ3n) is 4.61. The summed E-state index contributed by atoms with van der Waals surface area (Å²) in [5, 5.41) is 6.90.